The van der Waals surface area contributed by atoms with Gasteiger partial charge in [0.25, 0.3) is 0 Å². The molecule has 0 unspecified atom stereocenters. The average Bonchev–Trinajstić information content (AvgIpc) is 2.73. The molecule has 2 rings (SSSR count). The Kier molecular flexibility index (Phi) is 4.76. The van der Waals surface area contributed by atoms with Gasteiger partial charge in [-0.05, 0) is 19.4 Å². The van der Waals surface area contributed by atoms with E-state index in [9.17, 15) is 8.42 Å². The fraction of sp³-hybridized carbons (Fsp3) is 0.357. The van der Waals surface area contributed by atoms with E-state index in [0.717, 1.165) is 5.56 Å². The lowest BCUT2D eigenvalue weighted by atomic mass is 10.2. The molecular weight excluding hydrogens is 290 g/mol. The predicted molar refractivity (Wildman–Crippen MR) is 79.3 cm³/mol. The van der Waals surface area contributed by atoms with Gasteiger partial charge in [0.15, 0.2) is 0 Å². The summed E-state index contributed by atoms with van der Waals surface area (Å²) in [4.78, 5) is 0.187. The van der Waals surface area contributed by atoms with Crippen LogP contribution in [0.4, 0.5) is 0 Å². The van der Waals surface area contributed by atoms with Crippen molar-refractivity contribution in [1.29, 1.82) is 0 Å². The molecule has 0 bridgehead atoms. The van der Waals surface area contributed by atoms with Crippen LogP contribution in [0.25, 0.3) is 0 Å². The topological polar surface area (TPSA) is 84.2 Å². The Balaban J connectivity index is 2.24. The predicted octanol–water partition coefficient (Wildman–Crippen LogP) is 0.971. The van der Waals surface area contributed by atoms with Crippen molar-refractivity contribution in [2.75, 3.05) is 6.61 Å². The number of nitrogens with one attached hydrogen (secondary N) is 1. The molecule has 0 aliphatic carbocycles. The summed E-state index contributed by atoms with van der Waals surface area (Å²) >= 11 is 0. The van der Waals surface area contributed by atoms with Gasteiger partial charge in [-0.15, -0.1) is 0 Å². The summed E-state index contributed by atoms with van der Waals surface area (Å²) in [5.41, 5.74) is 1.85. The van der Waals surface area contributed by atoms with Gasteiger partial charge in [-0.3, -0.25) is 4.68 Å². The van der Waals surface area contributed by atoms with E-state index >= 15 is 0 Å². The van der Waals surface area contributed by atoms with Crippen molar-refractivity contribution in [1.82, 2.24) is 14.5 Å². The van der Waals surface area contributed by atoms with Gasteiger partial charge in [0, 0.05) is 6.54 Å². The zero-order valence-electron chi connectivity index (χ0n) is 12.1. The summed E-state index contributed by atoms with van der Waals surface area (Å²) in [5, 5.41) is 13.1. The Labute approximate surface area is 124 Å². The van der Waals surface area contributed by atoms with Crippen LogP contribution in [-0.2, 0) is 23.1 Å². The maximum Gasteiger partial charge on any atom is 0.244 e. The molecule has 0 atom stereocenters. The first-order valence-corrected chi connectivity index (χ1v) is 8.12. The van der Waals surface area contributed by atoms with Crippen LogP contribution in [0.5, 0.6) is 0 Å². The van der Waals surface area contributed by atoms with Crippen LogP contribution in [0.15, 0.2) is 35.2 Å². The third-order valence-corrected chi connectivity index (χ3v) is 4.86. The van der Waals surface area contributed by atoms with Gasteiger partial charge in [0.2, 0.25) is 10.0 Å². The standard InChI is InChI=1S/C14H19N3O3S/c1-11-14(12(2)17(16-11)8-9-18)21(19,20)15-10-13-6-4-3-5-7-13/h3-7,15,18H,8-10H2,1-2H3. The largest absolute Gasteiger partial charge is 0.394 e. The van der Waals surface area contributed by atoms with Gasteiger partial charge in [-0.1, -0.05) is 30.3 Å². The van der Waals surface area contributed by atoms with Crippen LogP contribution >= 0.6 is 0 Å². The third kappa shape index (κ3) is 3.49. The molecule has 0 spiro atoms. The second kappa shape index (κ2) is 6.38. The monoisotopic (exact) mass is 309 g/mol. The Morgan fingerprint density at radius 2 is 1.90 bits per heavy atom. The molecule has 0 radical (unpaired) electrons. The number of nitrogens with zero attached hydrogens (tertiary/aromatic N) is 2. The van der Waals surface area contributed by atoms with Crippen LogP contribution in [0.1, 0.15) is 17.0 Å². The van der Waals surface area contributed by atoms with Gasteiger partial charge >= 0.3 is 0 Å². The Hall–Kier alpha value is -1.70. The fourth-order valence-corrected chi connectivity index (χ4v) is 3.65. The summed E-state index contributed by atoms with van der Waals surface area (Å²) in [6.07, 6.45) is 0. The molecule has 2 aromatic rings. The van der Waals surface area contributed by atoms with Gasteiger partial charge in [0.05, 0.1) is 24.5 Å². The molecule has 1 aromatic heterocycles. The highest BCUT2D eigenvalue weighted by molar-refractivity contribution is 7.89. The van der Waals surface area contributed by atoms with Crippen LogP contribution in [0, 0.1) is 13.8 Å². The maximum atomic E-state index is 12.4. The zero-order chi connectivity index (χ0) is 15.5. The lowest BCUT2D eigenvalue weighted by Gasteiger charge is -2.07. The first kappa shape index (κ1) is 15.7. The van der Waals surface area contributed by atoms with Crippen molar-refractivity contribution in [2.45, 2.75) is 31.8 Å². The molecule has 0 amide bonds. The smallest absolute Gasteiger partial charge is 0.244 e. The molecule has 0 aliphatic heterocycles. The van der Waals surface area contributed by atoms with E-state index in [1.54, 1.807) is 13.8 Å². The van der Waals surface area contributed by atoms with E-state index in [0.29, 0.717) is 11.4 Å². The summed E-state index contributed by atoms with van der Waals surface area (Å²) in [7, 11) is -3.63. The van der Waals surface area contributed by atoms with E-state index in [1.165, 1.54) is 4.68 Å². The number of benzene rings is 1. The Bertz CT molecular complexity index is 709. The Morgan fingerprint density at radius 3 is 2.52 bits per heavy atom. The molecule has 21 heavy (non-hydrogen) atoms. The molecule has 0 saturated carbocycles. The van der Waals surface area contributed by atoms with Crippen molar-refractivity contribution in [3.63, 3.8) is 0 Å². The van der Waals surface area contributed by atoms with E-state index < -0.39 is 10.0 Å². The fourth-order valence-electron chi connectivity index (χ4n) is 2.23. The van der Waals surface area contributed by atoms with E-state index in [4.69, 9.17) is 5.11 Å². The lowest BCUT2D eigenvalue weighted by molar-refractivity contribution is 0.267. The number of aliphatic hydroxyl groups is 1. The second-order valence-corrected chi connectivity index (χ2v) is 6.46. The Morgan fingerprint density at radius 1 is 1.24 bits per heavy atom. The molecular formula is C14H19N3O3S. The molecule has 7 heteroatoms. The number of sulfonamides is 1. The van der Waals surface area contributed by atoms with E-state index in [-0.39, 0.29) is 24.6 Å². The molecule has 2 N–H and O–H groups in total. The molecule has 0 fully saturated rings. The number of hydrogen-bond donors (Lipinski definition) is 2. The number of rotatable bonds is 6. The molecule has 0 saturated heterocycles. The number of hydrogen-bond acceptors (Lipinski definition) is 4. The van der Waals surface area contributed by atoms with Crippen molar-refractivity contribution in [2.24, 2.45) is 0 Å². The summed E-state index contributed by atoms with van der Waals surface area (Å²) < 4.78 is 29.0. The van der Waals surface area contributed by atoms with Crippen molar-refractivity contribution in [3.05, 3.63) is 47.3 Å². The van der Waals surface area contributed by atoms with Gasteiger partial charge < -0.3 is 5.11 Å². The molecule has 6 nitrogen and oxygen atoms in total. The summed E-state index contributed by atoms with van der Waals surface area (Å²) in [5.74, 6) is 0. The lowest BCUT2D eigenvalue weighted by Crippen LogP contribution is -2.24. The molecule has 0 aliphatic rings. The first-order chi connectivity index (χ1) is 9.95. The highest BCUT2D eigenvalue weighted by Gasteiger charge is 2.24. The van der Waals surface area contributed by atoms with Crippen molar-refractivity contribution in [3.8, 4) is 0 Å². The molecule has 1 heterocycles. The first-order valence-electron chi connectivity index (χ1n) is 6.64. The average molecular weight is 309 g/mol. The molecule has 114 valence electrons. The number of aromatic nitrogens is 2. The number of aryl methyl sites for hydroxylation is 1. The summed E-state index contributed by atoms with van der Waals surface area (Å²) in [6, 6.07) is 9.32. The third-order valence-electron chi connectivity index (χ3n) is 3.20. The molecule has 1 aromatic carbocycles. The van der Waals surface area contributed by atoms with E-state index in [2.05, 4.69) is 9.82 Å². The van der Waals surface area contributed by atoms with E-state index in [1.807, 2.05) is 30.3 Å². The second-order valence-electron chi connectivity index (χ2n) is 4.76. The van der Waals surface area contributed by atoms with Crippen LogP contribution in [-0.4, -0.2) is 29.9 Å². The highest BCUT2D eigenvalue weighted by atomic mass is 32.2. The number of aliphatic hydroxyl groups excluding tert-OH is 1. The quantitative estimate of drug-likeness (QED) is 0.833. The highest BCUT2D eigenvalue weighted by Crippen LogP contribution is 2.19. The van der Waals surface area contributed by atoms with Crippen LogP contribution in [0.2, 0.25) is 0 Å². The van der Waals surface area contributed by atoms with Gasteiger partial charge in [0.1, 0.15) is 4.90 Å². The minimum atomic E-state index is -3.63. The van der Waals surface area contributed by atoms with Crippen LogP contribution in [0.3, 0.4) is 0 Å². The van der Waals surface area contributed by atoms with Crippen molar-refractivity contribution < 1.29 is 13.5 Å². The maximum absolute atomic E-state index is 12.4. The minimum absolute atomic E-state index is 0.0844. The zero-order valence-corrected chi connectivity index (χ0v) is 12.9. The van der Waals surface area contributed by atoms with Gasteiger partial charge in [-0.2, -0.15) is 5.10 Å². The van der Waals surface area contributed by atoms with Gasteiger partial charge in [-0.25, -0.2) is 13.1 Å². The SMILES string of the molecule is Cc1nn(CCO)c(C)c1S(=O)(=O)NCc1ccccc1. The minimum Gasteiger partial charge on any atom is -0.394 e. The van der Waals surface area contributed by atoms with Crippen molar-refractivity contribution >= 4 is 10.0 Å². The summed E-state index contributed by atoms with van der Waals surface area (Å²) in [6.45, 7) is 3.76. The van der Waals surface area contributed by atoms with Crippen LogP contribution < -0.4 is 4.72 Å². The normalized spacial score (nSPS) is 11.8.